The van der Waals surface area contributed by atoms with E-state index in [4.69, 9.17) is 16.3 Å². The second kappa shape index (κ2) is 7.06. The molecule has 0 radical (unpaired) electrons. The van der Waals surface area contributed by atoms with Gasteiger partial charge in [-0.3, -0.25) is 10.2 Å². The minimum Gasteiger partial charge on any atom is -0.370 e. The first-order valence-corrected chi connectivity index (χ1v) is 5.86. The molecule has 112 valence electrons. The molecule has 6 N–H and O–H groups in total. The zero-order chi connectivity index (χ0) is 15.1. The Bertz CT molecular complexity index is 586. The number of aromatic nitrogens is 6. The lowest BCUT2D eigenvalue weighted by atomic mass is 10.6. The van der Waals surface area contributed by atoms with Gasteiger partial charge in [0.1, 0.15) is 19.3 Å². The number of primary amides is 1. The van der Waals surface area contributed by atoms with Crippen LogP contribution in [-0.2, 0) is 9.53 Å². The fourth-order valence-corrected chi connectivity index (χ4v) is 1.33. The van der Waals surface area contributed by atoms with Crippen molar-refractivity contribution in [3.8, 4) is 5.95 Å². The van der Waals surface area contributed by atoms with E-state index >= 15 is 0 Å². The molecule has 0 fully saturated rings. The lowest BCUT2D eigenvalue weighted by Crippen LogP contribution is -2.21. The van der Waals surface area contributed by atoms with Crippen molar-refractivity contribution >= 4 is 17.8 Å². The molecule has 12 heteroatoms. The van der Waals surface area contributed by atoms with Crippen LogP contribution >= 0.6 is 0 Å². The molecule has 2 rings (SSSR count). The molecule has 0 bridgehead atoms. The van der Waals surface area contributed by atoms with Crippen LogP contribution in [0.2, 0.25) is 0 Å². The molecule has 0 aliphatic heterocycles. The topological polar surface area (TPSA) is 172 Å². The van der Waals surface area contributed by atoms with Crippen LogP contribution in [0, 0.1) is 0 Å². The van der Waals surface area contributed by atoms with E-state index in [9.17, 15) is 4.79 Å². The summed E-state index contributed by atoms with van der Waals surface area (Å²) >= 11 is 0. The van der Waals surface area contributed by atoms with Crippen LogP contribution < -0.4 is 22.3 Å². The van der Waals surface area contributed by atoms with Gasteiger partial charge in [-0.25, -0.2) is 10.8 Å². The summed E-state index contributed by atoms with van der Waals surface area (Å²) in [6.07, 6.45) is 2.79. The lowest BCUT2D eigenvalue weighted by Gasteiger charge is -2.08. The number of anilines is 2. The number of hydrogen-bond acceptors (Lipinski definition) is 10. The van der Waals surface area contributed by atoms with Gasteiger partial charge in [-0.1, -0.05) is 0 Å². The highest BCUT2D eigenvalue weighted by Gasteiger charge is 2.07. The van der Waals surface area contributed by atoms with Crippen LogP contribution in [0.25, 0.3) is 5.95 Å². The number of nitrogen functional groups attached to an aromatic ring is 1. The monoisotopic (exact) mass is 294 g/mol. The predicted octanol–water partition coefficient (Wildman–Crippen LogP) is -2.35. The van der Waals surface area contributed by atoms with Gasteiger partial charge >= 0.3 is 0 Å². The normalized spacial score (nSPS) is 10.3. The number of carbonyl (C=O) groups is 1. The first-order chi connectivity index (χ1) is 10.2. The third kappa shape index (κ3) is 4.32. The molecule has 0 saturated carbocycles. The van der Waals surface area contributed by atoms with Gasteiger partial charge in [-0.15, -0.1) is 0 Å². The lowest BCUT2D eigenvalue weighted by molar-refractivity contribution is -0.122. The Balaban J connectivity index is 1.99. The van der Waals surface area contributed by atoms with Crippen LogP contribution in [0.15, 0.2) is 12.7 Å². The zero-order valence-electron chi connectivity index (χ0n) is 10.9. The van der Waals surface area contributed by atoms with Crippen molar-refractivity contribution in [2.75, 3.05) is 30.5 Å². The summed E-state index contributed by atoms with van der Waals surface area (Å²) in [5.41, 5.74) is 7.27. The largest absolute Gasteiger partial charge is 0.370 e. The Morgan fingerprint density at radius 1 is 1.33 bits per heavy atom. The predicted molar refractivity (Wildman–Crippen MR) is 71.1 cm³/mol. The summed E-state index contributed by atoms with van der Waals surface area (Å²) in [6.45, 7) is 0.496. The molecule has 0 unspecified atom stereocenters. The average Bonchev–Trinajstić information content (AvgIpc) is 3.00. The van der Waals surface area contributed by atoms with Crippen LogP contribution in [0.3, 0.4) is 0 Å². The van der Waals surface area contributed by atoms with E-state index in [1.54, 1.807) is 0 Å². The van der Waals surface area contributed by atoms with Crippen LogP contribution in [0.5, 0.6) is 0 Å². The van der Waals surface area contributed by atoms with Crippen molar-refractivity contribution in [2.45, 2.75) is 0 Å². The van der Waals surface area contributed by atoms with Crippen molar-refractivity contribution in [1.29, 1.82) is 0 Å². The molecule has 0 aliphatic rings. The highest BCUT2D eigenvalue weighted by atomic mass is 16.5. The molecule has 21 heavy (non-hydrogen) atoms. The maximum atomic E-state index is 10.5. The fourth-order valence-electron chi connectivity index (χ4n) is 1.33. The fraction of sp³-hybridized carbons (Fsp3) is 0.333. The van der Waals surface area contributed by atoms with Gasteiger partial charge < -0.3 is 15.8 Å². The van der Waals surface area contributed by atoms with Crippen molar-refractivity contribution in [1.82, 2.24) is 29.7 Å². The second-order valence-electron chi connectivity index (χ2n) is 3.71. The second-order valence-corrected chi connectivity index (χ2v) is 3.71. The number of nitrogens with one attached hydrogen (secondary N) is 2. The number of hydrogen-bond donors (Lipinski definition) is 4. The van der Waals surface area contributed by atoms with Gasteiger partial charge in [0.25, 0.3) is 5.95 Å². The molecule has 1 amide bonds. The van der Waals surface area contributed by atoms with Gasteiger partial charge in [-0.05, 0) is 0 Å². The maximum absolute atomic E-state index is 10.5. The number of nitrogens with two attached hydrogens (primary N) is 2. The molecule has 2 aromatic heterocycles. The number of nitrogens with zero attached hydrogens (tertiary/aromatic N) is 6. The molecule has 0 atom stereocenters. The van der Waals surface area contributed by atoms with Crippen molar-refractivity contribution in [3.05, 3.63) is 12.7 Å². The van der Waals surface area contributed by atoms with Gasteiger partial charge in [0.05, 0.1) is 6.61 Å². The number of carbonyl (C=O) groups excluding carboxylic acids is 1. The number of ether oxygens (including phenoxy) is 1. The minimum atomic E-state index is -0.529. The molecular formula is C9H14N10O2. The van der Waals surface area contributed by atoms with Crippen LogP contribution in [0.4, 0.5) is 11.9 Å². The summed E-state index contributed by atoms with van der Waals surface area (Å²) in [5.74, 6) is 5.45. The van der Waals surface area contributed by atoms with Crippen molar-refractivity contribution < 1.29 is 9.53 Å². The van der Waals surface area contributed by atoms with Gasteiger partial charge in [0.15, 0.2) is 0 Å². The van der Waals surface area contributed by atoms with E-state index in [1.807, 2.05) is 0 Å². The van der Waals surface area contributed by atoms with E-state index in [1.165, 1.54) is 17.3 Å². The zero-order valence-corrected chi connectivity index (χ0v) is 10.9. The quantitative estimate of drug-likeness (QED) is 0.234. The van der Waals surface area contributed by atoms with Gasteiger partial charge in [0.2, 0.25) is 17.8 Å². The highest BCUT2D eigenvalue weighted by molar-refractivity contribution is 5.74. The Kier molecular flexibility index (Phi) is 4.89. The average molecular weight is 294 g/mol. The van der Waals surface area contributed by atoms with Crippen LogP contribution in [-0.4, -0.2) is 55.4 Å². The summed E-state index contributed by atoms with van der Waals surface area (Å²) in [5, 5.41) is 6.81. The van der Waals surface area contributed by atoms with E-state index in [0.29, 0.717) is 6.54 Å². The molecule has 0 aliphatic carbocycles. The van der Waals surface area contributed by atoms with Gasteiger partial charge in [-0.2, -0.15) is 24.7 Å². The number of amides is 1. The third-order valence-corrected chi connectivity index (χ3v) is 2.15. The molecular weight excluding hydrogens is 280 g/mol. The Hall–Kier alpha value is -2.86. The summed E-state index contributed by atoms with van der Waals surface area (Å²) in [6, 6.07) is 0. The van der Waals surface area contributed by atoms with E-state index in [0.717, 1.165) is 0 Å². The maximum Gasteiger partial charge on any atom is 0.258 e. The van der Waals surface area contributed by atoms with Crippen molar-refractivity contribution in [3.63, 3.8) is 0 Å². The number of rotatable bonds is 8. The first-order valence-electron chi connectivity index (χ1n) is 5.86. The third-order valence-electron chi connectivity index (χ3n) is 2.15. The minimum absolute atomic E-state index is 0.140. The summed E-state index contributed by atoms with van der Waals surface area (Å²) < 4.78 is 6.36. The first kappa shape index (κ1) is 14.5. The highest BCUT2D eigenvalue weighted by Crippen LogP contribution is 2.06. The summed E-state index contributed by atoms with van der Waals surface area (Å²) in [4.78, 5) is 26.5. The molecule has 2 aromatic rings. The van der Waals surface area contributed by atoms with Crippen LogP contribution in [0.1, 0.15) is 0 Å². The smallest absolute Gasteiger partial charge is 0.258 e. The van der Waals surface area contributed by atoms with E-state index in [-0.39, 0.29) is 31.1 Å². The van der Waals surface area contributed by atoms with E-state index in [2.05, 4.69) is 35.8 Å². The number of hydrazine groups is 1. The van der Waals surface area contributed by atoms with Gasteiger partial charge in [0, 0.05) is 6.54 Å². The SMILES string of the molecule is NNc1nc(NCCOCC(N)=O)nc(-n2cncn2)n1. The Morgan fingerprint density at radius 3 is 2.81 bits per heavy atom. The van der Waals surface area contributed by atoms with E-state index < -0.39 is 5.91 Å². The van der Waals surface area contributed by atoms with Crippen molar-refractivity contribution in [2.24, 2.45) is 11.6 Å². The summed E-state index contributed by atoms with van der Waals surface area (Å²) in [7, 11) is 0. The molecule has 12 nitrogen and oxygen atoms in total. The molecule has 0 spiro atoms. The molecule has 0 saturated heterocycles. The molecule has 0 aromatic carbocycles. The molecule has 2 heterocycles. The Morgan fingerprint density at radius 2 is 2.14 bits per heavy atom. The Labute approximate surface area is 118 Å². The standard InChI is InChI=1S/C9H14N10O2/c10-6(20)3-21-2-1-13-7-15-8(18-11)17-9(16-7)19-5-12-4-14-19/h4-5H,1-3,11H2,(H2,10,20)(H2,13,15,16,17,18).